The number of rotatable bonds is 4. The van der Waals surface area contributed by atoms with Crippen molar-refractivity contribution in [2.75, 3.05) is 32.1 Å². The Morgan fingerprint density at radius 3 is 2.61 bits per heavy atom. The average Bonchev–Trinajstić information content (AvgIpc) is 2.88. The van der Waals surface area contributed by atoms with Crippen molar-refractivity contribution >= 4 is 22.6 Å². The molecule has 1 fully saturated rings. The largest absolute Gasteiger partial charge is 0.347 e. The van der Waals surface area contributed by atoms with E-state index in [9.17, 15) is 4.79 Å². The smallest absolute Gasteiger partial charge is 0.273 e. The van der Waals surface area contributed by atoms with Crippen LogP contribution < -0.4 is 4.90 Å². The Balaban J connectivity index is 1.50. The molecule has 5 rings (SSSR count). The molecule has 3 heterocycles. The first-order valence-corrected chi connectivity index (χ1v) is 11.3. The van der Waals surface area contributed by atoms with Gasteiger partial charge in [0.15, 0.2) is 0 Å². The molecule has 1 aliphatic rings. The zero-order valence-corrected chi connectivity index (χ0v) is 19.0. The predicted molar refractivity (Wildman–Crippen MR) is 131 cm³/mol. The average molecular weight is 438 g/mol. The number of likely N-dealkylation sites (tertiary alicyclic amines) is 1. The topological polar surface area (TPSA) is 62.2 Å². The lowest BCUT2D eigenvalue weighted by molar-refractivity contribution is 0.0702. The van der Waals surface area contributed by atoms with E-state index in [0.29, 0.717) is 18.2 Å². The van der Waals surface area contributed by atoms with Gasteiger partial charge < -0.3 is 9.80 Å². The number of anilines is 1. The van der Waals surface area contributed by atoms with Crippen molar-refractivity contribution in [3.8, 4) is 11.1 Å². The molecule has 0 spiro atoms. The molecule has 4 aromatic rings. The van der Waals surface area contributed by atoms with Gasteiger partial charge >= 0.3 is 0 Å². The fraction of sp³-hybridized carbons (Fsp3) is 0.259. The summed E-state index contributed by atoms with van der Waals surface area (Å²) in [7, 11) is 3.90. The monoisotopic (exact) mass is 437 g/mol. The first-order chi connectivity index (χ1) is 16.1. The zero-order valence-electron chi connectivity index (χ0n) is 19.0. The fourth-order valence-electron chi connectivity index (χ4n) is 4.58. The first kappa shape index (κ1) is 21.1. The van der Waals surface area contributed by atoms with Crippen molar-refractivity contribution < 1.29 is 4.79 Å². The number of hydrogen-bond acceptors (Lipinski definition) is 5. The maximum absolute atomic E-state index is 13.5. The SMILES string of the molecule is CN(C)c1ncc(-c2ccccc2)c([C@H]2CCCN(C(=O)c3nccc4ccccc34)C2)n1. The molecule has 1 aliphatic heterocycles. The molecule has 1 saturated heterocycles. The van der Waals surface area contributed by atoms with Gasteiger partial charge in [0.1, 0.15) is 5.69 Å². The van der Waals surface area contributed by atoms with Crippen LogP contribution in [0, 0.1) is 0 Å². The van der Waals surface area contributed by atoms with Gasteiger partial charge in [0.25, 0.3) is 5.91 Å². The summed E-state index contributed by atoms with van der Waals surface area (Å²) in [5, 5.41) is 1.93. The Hall–Kier alpha value is -3.80. The third kappa shape index (κ3) is 4.16. The molecule has 6 nitrogen and oxygen atoms in total. The van der Waals surface area contributed by atoms with Crippen molar-refractivity contribution in [2.24, 2.45) is 0 Å². The lowest BCUT2D eigenvalue weighted by Crippen LogP contribution is -2.40. The van der Waals surface area contributed by atoms with Gasteiger partial charge in [0.05, 0.1) is 5.69 Å². The molecule has 1 atom stereocenters. The number of pyridine rings is 1. The van der Waals surface area contributed by atoms with Crippen LogP contribution in [0.2, 0.25) is 0 Å². The maximum Gasteiger partial charge on any atom is 0.273 e. The summed E-state index contributed by atoms with van der Waals surface area (Å²) in [6.07, 6.45) is 5.55. The second kappa shape index (κ2) is 8.98. The van der Waals surface area contributed by atoms with Crippen LogP contribution in [-0.2, 0) is 0 Å². The highest BCUT2D eigenvalue weighted by Crippen LogP contribution is 2.34. The Morgan fingerprint density at radius 2 is 1.79 bits per heavy atom. The van der Waals surface area contributed by atoms with Gasteiger partial charge in [-0.15, -0.1) is 0 Å². The molecule has 0 bridgehead atoms. The second-order valence-corrected chi connectivity index (χ2v) is 8.70. The zero-order chi connectivity index (χ0) is 22.8. The van der Waals surface area contributed by atoms with E-state index in [-0.39, 0.29) is 11.8 Å². The first-order valence-electron chi connectivity index (χ1n) is 11.3. The van der Waals surface area contributed by atoms with E-state index >= 15 is 0 Å². The van der Waals surface area contributed by atoms with Crippen molar-refractivity contribution in [1.82, 2.24) is 19.9 Å². The van der Waals surface area contributed by atoms with E-state index in [4.69, 9.17) is 4.98 Å². The molecule has 0 unspecified atom stereocenters. The molecule has 0 radical (unpaired) electrons. The predicted octanol–water partition coefficient (Wildman–Crippen LogP) is 4.78. The van der Waals surface area contributed by atoms with Crippen LogP contribution in [0.4, 0.5) is 5.95 Å². The number of amides is 1. The number of piperidine rings is 1. The molecular weight excluding hydrogens is 410 g/mol. The standard InChI is InChI=1S/C27H27N5O/c1-31(2)27-29-17-23(19-9-4-3-5-10-19)24(30-27)21-12-8-16-32(18-21)26(33)25-22-13-7-6-11-20(22)14-15-28-25/h3-7,9-11,13-15,17,21H,8,12,16,18H2,1-2H3/t21-/m0/s1. The Bertz CT molecular complexity index is 1280. The quantitative estimate of drug-likeness (QED) is 0.460. The Morgan fingerprint density at radius 1 is 1.00 bits per heavy atom. The lowest BCUT2D eigenvalue weighted by atomic mass is 9.89. The summed E-state index contributed by atoms with van der Waals surface area (Å²) in [4.78, 5) is 31.4. The Labute approximate surface area is 193 Å². The fourth-order valence-corrected chi connectivity index (χ4v) is 4.58. The number of nitrogens with zero attached hydrogens (tertiary/aromatic N) is 5. The molecular formula is C27H27N5O. The molecule has 2 aromatic carbocycles. The highest BCUT2D eigenvalue weighted by Gasteiger charge is 2.30. The molecule has 0 saturated carbocycles. The van der Waals surface area contributed by atoms with E-state index < -0.39 is 0 Å². The highest BCUT2D eigenvalue weighted by molar-refractivity contribution is 6.05. The van der Waals surface area contributed by atoms with E-state index in [1.807, 2.05) is 78.6 Å². The number of hydrogen-bond donors (Lipinski definition) is 0. The van der Waals surface area contributed by atoms with Crippen molar-refractivity contribution in [2.45, 2.75) is 18.8 Å². The van der Waals surface area contributed by atoms with E-state index in [1.165, 1.54) is 0 Å². The van der Waals surface area contributed by atoms with E-state index in [0.717, 1.165) is 47.0 Å². The summed E-state index contributed by atoms with van der Waals surface area (Å²) in [6.45, 7) is 1.35. The Kier molecular flexibility index (Phi) is 5.73. The minimum Gasteiger partial charge on any atom is -0.347 e. The van der Waals surface area contributed by atoms with Crippen LogP contribution in [-0.4, -0.2) is 52.9 Å². The van der Waals surface area contributed by atoms with Crippen LogP contribution in [0.25, 0.3) is 21.9 Å². The number of aromatic nitrogens is 3. The summed E-state index contributed by atoms with van der Waals surface area (Å²) in [5.74, 6) is 0.804. The number of benzene rings is 2. The number of fused-ring (bicyclic) bond motifs is 1. The van der Waals surface area contributed by atoms with Gasteiger partial charge in [0.2, 0.25) is 5.95 Å². The van der Waals surface area contributed by atoms with Crippen molar-refractivity contribution in [1.29, 1.82) is 0 Å². The molecule has 2 aromatic heterocycles. The van der Waals surface area contributed by atoms with Gasteiger partial charge in [-0.3, -0.25) is 9.78 Å². The van der Waals surface area contributed by atoms with Crippen LogP contribution in [0.1, 0.15) is 34.9 Å². The molecule has 33 heavy (non-hydrogen) atoms. The van der Waals surface area contributed by atoms with E-state index in [2.05, 4.69) is 22.1 Å². The lowest BCUT2D eigenvalue weighted by Gasteiger charge is -2.33. The van der Waals surface area contributed by atoms with Crippen LogP contribution >= 0.6 is 0 Å². The second-order valence-electron chi connectivity index (χ2n) is 8.70. The highest BCUT2D eigenvalue weighted by atomic mass is 16.2. The summed E-state index contributed by atoms with van der Waals surface area (Å²) < 4.78 is 0. The molecule has 0 aliphatic carbocycles. The molecule has 6 heteroatoms. The minimum atomic E-state index is -0.0142. The number of carbonyl (C=O) groups excluding carboxylic acids is 1. The van der Waals surface area contributed by atoms with Crippen LogP contribution in [0.5, 0.6) is 0 Å². The van der Waals surface area contributed by atoms with E-state index in [1.54, 1.807) is 6.20 Å². The number of carbonyl (C=O) groups is 1. The van der Waals surface area contributed by atoms with Crippen LogP contribution in [0.3, 0.4) is 0 Å². The summed E-state index contributed by atoms with van der Waals surface area (Å²) in [6, 6.07) is 20.1. The minimum absolute atomic E-state index is 0.0142. The van der Waals surface area contributed by atoms with Gasteiger partial charge in [-0.25, -0.2) is 9.97 Å². The summed E-state index contributed by atoms with van der Waals surface area (Å²) in [5.41, 5.74) is 3.65. The van der Waals surface area contributed by atoms with Gasteiger partial charge in [0, 0.05) is 56.4 Å². The van der Waals surface area contributed by atoms with Gasteiger partial charge in [-0.1, -0.05) is 54.6 Å². The summed E-state index contributed by atoms with van der Waals surface area (Å²) >= 11 is 0. The van der Waals surface area contributed by atoms with Crippen molar-refractivity contribution in [3.05, 3.63) is 84.4 Å². The van der Waals surface area contributed by atoms with Crippen molar-refractivity contribution in [3.63, 3.8) is 0 Å². The van der Waals surface area contributed by atoms with Gasteiger partial charge in [-0.05, 0) is 29.9 Å². The molecule has 1 amide bonds. The normalized spacial score (nSPS) is 16.1. The maximum atomic E-state index is 13.5. The third-order valence-electron chi connectivity index (χ3n) is 6.26. The third-order valence-corrected chi connectivity index (χ3v) is 6.26. The van der Waals surface area contributed by atoms with Gasteiger partial charge in [-0.2, -0.15) is 0 Å². The molecule has 0 N–H and O–H groups in total. The van der Waals surface area contributed by atoms with Crippen LogP contribution in [0.15, 0.2) is 73.1 Å². The molecule has 166 valence electrons.